The summed E-state index contributed by atoms with van der Waals surface area (Å²) in [5.41, 5.74) is 2.06. The van der Waals surface area contributed by atoms with Crippen molar-refractivity contribution in [1.29, 1.82) is 0 Å². The standard InChI is InChI=1S/C19H16Cl2N2OS/c1-11-4-6-12(7-5-11)17(24)23-18(25)16(22-19(23,2)3)14-9-8-13(20)10-15(14)21/h4-10H,1-3H3. The summed E-state index contributed by atoms with van der Waals surface area (Å²) in [4.78, 5) is 19.6. The van der Waals surface area contributed by atoms with Crippen molar-refractivity contribution in [3.63, 3.8) is 0 Å². The van der Waals surface area contributed by atoms with Gasteiger partial charge in [0.15, 0.2) is 0 Å². The predicted octanol–water partition coefficient (Wildman–Crippen LogP) is 5.31. The molecule has 3 rings (SSSR count). The predicted molar refractivity (Wildman–Crippen MR) is 107 cm³/mol. The van der Waals surface area contributed by atoms with Gasteiger partial charge in [-0.05, 0) is 51.1 Å². The van der Waals surface area contributed by atoms with Gasteiger partial charge in [0, 0.05) is 16.1 Å². The van der Waals surface area contributed by atoms with Gasteiger partial charge >= 0.3 is 0 Å². The maximum atomic E-state index is 13.0. The molecule has 0 bridgehead atoms. The van der Waals surface area contributed by atoms with Crippen LogP contribution in [0.3, 0.4) is 0 Å². The summed E-state index contributed by atoms with van der Waals surface area (Å²) in [6, 6.07) is 12.5. The average Bonchev–Trinajstić information content (AvgIpc) is 2.77. The first kappa shape index (κ1) is 18.1. The van der Waals surface area contributed by atoms with Crippen LogP contribution in [0.4, 0.5) is 0 Å². The number of aryl methyl sites for hydroxylation is 1. The van der Waals surface area contributed by atoms with Gasteiger partial charge in [-0.15, -0.1) is 0 Å². The highest BCUT2D eigenvalue weighted by atomic mass is 35.5. The van der Waals surface area contributed by atoms with Crippen LogP contribution in [0.5, 0.6) is 0 Å². The molecular weight excluding hydrogens is 375 g/mol. The maximum absolute atomic E-state index is 13.0. The molecule has 1 aliphatic rings. The van der Waals surface area contributed by atoms with Gasteiger partial charge < -0.3 is 0 Å². The normalized spacial score (nSPS) is 16.1. The zero-order chi connectivity index (χ0) is 18.4. The van der Waals surface area contributed by atoms with E-state index in [2.05, 4.69) is 4.99 Å². The second-order valence-electron chi connectivity index (χ2n) is 6.39. The zero-order valence-electron chi connectivity index (χ0n) is 14.0. The molecule has 0 atom stereocenters. The van der Waals surface area contributed by atoms with E-state index in [0.29, 0.717) is 31.9 Å². The van der Waals surface area contributed by atoms with Gasteiger partial charge in [-0.1, -0.05) is 53.1 Å². The first-order chi connectivity index (χ1) is 11.7. The van der Waals surface area contributed by atoms with Crippen molar-refractivity contribution in [2.75, 3.05) is 0 Å². The Morgan fingerprint density at radius 3 is 2.36 bits per heavy atom. The van der Waals surface area contributed by atoms with Gasteiger partial charge in [-0.2, -0.15) is 0 Å². The Kier molecular flexibility index (Phi) is 4.71. The molecule has 0 N–H and O–H groups in total. The van der Waals surface area contributed by atoms with Gasteiger partial charge in [0.2, 0.25) is 0 Å². The van der Waals surface area contributed by atoms with Crippen LogP contribution in [-0.4, -0.2) is 27.2 Å². The van der Waals surface area contributed by atoms with Crippen molar-refractivity contribution in [2.45, 2.75) is 26.4 Å². The molecule has 0 fully saturated rings. The fourth-order valence-corrected chi connectivity index (χ4v) is 3.71. The van der Waals surface area contributed by atoms with Crippen LogP contribution in [0, 0.1) is 6.92 Å². The second-order valence-corrected chi connectivity index (χ2v) is 7.62. The average molecular weight is 391 g/mol. The fourth-order valence-electron chi connectivity index (χ4n) is 2.75. The Morgan fingerprint density at radius 2 is 1.76 bits per heavy atom. The van der Waals surface area contributed by atoms with E-state index in [4.69, 9.17) is 35.4 Å². The van der Waals surface area contributed by atoms with Crippen LogP contribution in [-0.2, 0) is 0 Å². The number of aliphatic imine (C=N–C) groups is 1. The highest BCUT2D eigenvalue weighted by Crippen LogP contribution is 2.32. The topological polar surface area (TPSA) is 32.7 Å². The van der Waals surface area contributed by atoms with Crippen molar-refractivity contribution in [3.05, 3.63) is 69.2 Å². The number of thiocarbonyl (C=S) groups is 1. The van der Waals surface area contributed by atoms with Crippen molar-refractivity contribution in [1.82, 2.24) is 4.90 Å². The molecule has 0 spiro atoms. The summed E-state index contributed by atoms with van der Waals surface area (Å²) >= 11 is 17.8. The summed E-state index contributed by atoms with van der Waals surface area (Å²) in [6.45, 7) is 5.67. The third-order valence-corrected chi connectivity index (χ3v) is 4.95. The highest BCUT2D eigenvalue weighted by Gasteiger charge is 2.42. The maximum Gasteiger partial charge on any atom is 0.260 e. The van der Waals surface area contributed by atoms with E-state index in [1.165, 1.54) is 4.90 Å². The highest BCUT2D eigenvalue weighted by molar-refractivity contribution is 7.82. The number of carbonyl (C=O) groups excluding carboxylic acids is 1. The quantitative estimate of drug-likeness (QED) is 0.650. The lowest BCUT2D eigenvalue weighted by Gasteiger charge is -2.29. The number of rotatable bonds is 2. The molecule has 0 aliphatic carbocycles. The van der Waals surface area contributed by atoms with Crippen LogP contribution in [0.2, 0.25) is 10.0 Å². The molecule has 0 unspecified atom stereocenters. The summed E-state index contributed by atoms with van der Waals surface area (Å²) in [6.07, 6.45) is 0. The van der Waals surface area contributed by atoms with Crippen LogP contribution in [0.15, 0.2) is 47.5 Å². The number of halogens is 2. The van der Waals surface area contributed by atoms with Crippen LogP contribution in [0.25, 0.3) is 0 Å². The first-order valence-electron chi connectivity index (χ1n) is 7.71. The molecule has 0 radical (unpaired) electrons. The summed E-state index contributed by atoms with van der Waals surface area (Å²) in [5, 5.41) is 0.985. The van der Waals surface area contributed by atoms with Crippen LogP contribution in [0.1, 0.15) is 35.3 Å². The van der Waals surface area contributed by atoms with Crippen molar-refractivity contribution >= 4 is 52.0 Å². The minimum absolute atomic E-state index is 0.182. The molecule has 0 aromatic heterocycles. The van der Waals surface area contributed by atoms with Gasteiger partial charge in [0.05, 0.1) is 5.02 Å². The van der Waals surface area contributed by atoms with Crippen molar-refractivity contribution in [3.8, 4) is 0 Å². The monoisotopic (exact) mass is 390 g/mol. The van der Waals surface area contributed by atoms with E-state index in [9.17, 15) is 4.79 Å². The van der Waals surface area contributed by atoms with Crippen LogP contribution < -0.4 is 0 Å². The zero-order valence-corrected chi connectivity index (χ0v) is 16.3. The van der Waals surface area contributed by atoms with E-state index >= 15 is 0 Å². The molecular formula is C19H16Cl2N2OS. The van der Waals surface area contributed by atoms with E-state index in [0.717, 1.165) is 5.56 Å². The third kappa shape index (κ3) is 3.34. The Labute approximate surface area is 162 Å². The fraction of sp³-hybridized carbons (Fsp3) is 0.211. The van der Waals surface area contributed by atoms with Crippen molar-refractivity contribution in [2.24, 2.45) is 4.99 Å². The largest absolute Gasteiger partial charge is 0.272 e. The Balaban J connectivity index is 2.00. The van der Waals surface area contributed by atoms with Gasteiger partial charge in [0.1, 0.15) is 16.4 Å². The SMILES string of the molecule is Cc1ccc(C(=O)N2C(=S)C(c3ccc(Cl)cc3Cl)=NC2(C)C)cc1. The number of hydrogen-bond acceptors (Lipinski definition) is 3. The number of carbonyl (C=O) groups is 1. The number of nitrogens with zero attached hydrogens (tertiary/aromatic N) is 2. The lowest BCUT2D eigenvalue weighted by Crippen LogP contribution is -2.46. The number of benzene rings is 2. The molecule has 1 heterocycles. The molecule has 3 nitrogen and oxygen atoms in total. The van der Waals surface area contributed by atoms with Crippen molar-refractivity contribution < 1.29 is 4.79 Å². The summed E-state index contributed by atoms with van der Waals surface area (Å²) in [7, 11) is 0. The molecule has 128 valence electrons. The molecule has 25 heavy (non-hydrogen) atoms. The smallest absolute Gasteiger partial charge is 0.260 e. The molecule has 0 saturated carbocycles. The molecule has 2 aromatic rings. The van der Waals surface area contributed by atoms with E-state index in [-0.39, 0.29) is 5.91 Å². The lowest BCUT2D eigenvalue weighted by atomic mass is 10.1. The summed E-state index contributed by atoms with van der Waals surface area (Å²) < 4.78 is 0. The Hall–Kier alpha value is -1.75. The van der Waals surface area contributed by atoms with E-state index in [1.54, 1.807) is 30.3 Å². The first-order valence-corrected chi connectivity index (χ1v) is 8.88. The van der Waals surface area contributed by atoms with Gasteiger partial charge in [-0.25, -0.2) is 0 Å². The molecule has 6 heteroatoms. The molecule has 2 aromatic carbocycles. The van der Waals surface area contributed by atoms with Gasteiger partial charge in [0.25, 0.3) is 5.91 Å². The second kappa shape index (κ2) is 6.52. The number of hydrogen-bond donors (Lipinski definition) is 0. The molecule has 0 saturated heterocycles. The number of amides is 1. The summed E-state index contributed by atoms with van der Waals surface area (Å²) in [5.74, 6) is -0.182. The minimum atomic E-state index is -0.794. The minimum Gasteiger partial charge on any atom is -0.272 e. The van der Waals surface area contributed by atoms with E-state index < -0.39 is 5.66 Å². The van der Waals surface area contributed by atoms with Crippen LogP contribution >= 0.6 is 35.4 Å². The molecule has 1 aliphatic heterocycles. The molecule has 1 amide bonds. The third-order valence-electron chi connectivity index (χ3n) is 4.03. The Bertz CT molecular complexity index is 904. The van der Waals surface area contributed by atoms with E-state index in [1.807, 2.05) is 32.9 Å². The van der Waals surface area contributed by atoms with Gasteiger partial charge in [-0.3, -0.25) is 14.7 Å². The Morgan fingerprint density at radius 1 is 1.12 bits per heavy atom. The lowest BCUT2D eigenvalue weighted by molar-refractivity contribution is 0.0758.